The van der Waals surface area contributed by atoms with Crippen molar-refractivity contribution in [1.29, 1.82) is 0 Å². The van der Waals surface area contributed by atoms with Gasteiger partial charge in [0.25, 0.3) is 5.69 Å². The van der Waals surface area contributed by atoms with Crippen LogP contribution in [0.2, 0.25) is 5.02 Å². The maximum absolute atomic E-state index is 12.0. The molecule has 0 amide bonds. The van der Waals surface area contributed by atoms with Gasteiger partial charge in [-0.25, -0.2) is 4.79 Å². The molecule has 21 heavy (non-hydrogen) atoms. The minimum atomic E-state index is -0.551. The van der Waals surface area contributed by atoms with Crippen molar-refractivity contribution in [2.75, 3.05) is 6.61 Å². The van der Waals surface area contributed by atoms with Crippen molar-refractivity contribution in [1.82, 2.24) is 4.98 Å². The van der Waals surface area contributed by atoms with Crippen molar-refractivity contribution in [3.05, 3.63) is 50.8 Å². The maximum atomic E-state index is 12.0. The van der Waals surface area contributed by atoms with Crippen molar-refractivity contribution in [2.45, 2.75) is 13.8 Å². The van der Waals surface area contributed by atoms with Gasteiger partial charge in [0.2, 0.25) is 0 Å². The van der Waals surface area contributed by atoms with Gasteiger partial charge in [-0.1, -0.05) is 11.6 Å². The van der Waals surface area contributed by atoms with Crippen LogP contribution < -0.4 is 0 Å². The van der Waals surface area contributed by atoms with E-state index in [-0.39, 0.29) is 23.0 Å². The number of nitrogens with zero attached hydrogens (tertiary/aromatic N) is 1. The van der Waals surface area contributed by atoms with Gasteiger partial charge in [0.1, 0.15) is 5.69 Å². The second kappa shape index (κ2) is 5.97. The first-order valence-electron chi connectivity index (χ1n) is 6.25. The van der Waals surface area contributed by atoms with Crippen LogP contribution in [-0.2, 0) is 4.74 Å². The van der Waals surface area contributed by atoms with E-state index in [9.17, 15) is 14.9 Å². The van der Waals surface area contributed by atoms with E-state index in [0.29, 0.717) is 16.7 Å². The molecule has 0 radical (unpaired) electrons. The number of halogens is 1. The quantitative estimate of drug-likeness (QED) is 0.530. The number of hydrogen-bond acceptors (Lipinski definition) is 4. The van der Waals surface area contributed by atoms with E-state index in [4.69, 9.17) is 16.3 Å². The molecule has 0 saturated carbocycles. The monoisotopic (exact) mass is 308 g/mol. The number of hydrogen-bond donors (Lipinski definition) is 1. The standard InChI is InChI=1S/C14H13ClN2O4/c1-3-21-14(18)13-12(8(2)7-16-13)10-5-4-9(15)6-11(10)17(19)20/h4-7,16H,3H2,1-2H3. The zero-order valence-corrected chi connectivity index (χ0v) is 12.2. The van der Waals surface area contributed by atoms with Crippen molar-refractivity contribution in [2.24, 2.45) is 0 Å². The SMILES string of the molecule is CCOC(=O)c1[nH]cc(C)c1-c1ccc(Cl)cc1[N+](=O)[O-]. The Morgan fingerprint density at radius 3 is 2.81 bits per heavy atom. The first-order chi connectivity index (χ1) is 9.95. The molecule has 2 aromatic rings. The minimum Gasteiger partial charge on any atom is -0.461 e. The largest absolute Gasteiger partial charge is 0.461 e. The Kier molecular flexibility index (Phi) is 4.28. The van der Waals surface area contributed by atoms with Crippen molar-refractivity contribution in [3.63, 3.8) is 0 Å². The first kappa shape index (κ1) is 15.1. The van der Waals surface area contributed by atoms with Gasteiger partial charge in [0.15, 0.2) is 0 Å². The molecule has 1 aromatic carbocycles. The molecule has 110 valence electrons. The van der Waals surface area contributed by atoms with Gasteiger partial charge >= 0.3 is 5.97 Å². The molecule has 0 saturated heterocycles. The smallest absolute Gasteiger partial charge is 0.355 e. The van der Waals surface area contributed by atoms with Crippen molar-refractivity contribution < 1.29 is 14.5 Å². The molecule has 1 aromatic heterocycles. The Hall–Kier alpha value is -2.34. The number of nitro benzene ring substituents is 1. The maximum Gasteiger partial charge on any atom is 0.355 e. The summed E-state index contributed by atoms with van der Waals surface area (Å²) in [5.74, 6) is -0.551. The summed E-state index contributed by atoms with van der Waals surface area (Å²) in [5, 5.41) is 11.5. The highest BCUT2D eigenvalue weighted by molar-refractivity contribution is 6.31. The van der Waals surface area contributed by atoms with E-state index in [1.807, 2.05) is 0 Å². The molecule has 7 heteroatoms. The molecule has 0 spiro atoms. The van der Waals surface area contributed by atoms with Gasteiger partial charge in [-0.15, -0.1) is 0 Å². The summed E-state index contributed by atoms with van der Waals surface area (Å²) in [6.07, 6.45) is 1.61. The lowest BCUT2D eigenvalue weighted by atomic mass is 10.0. The van der Waals surface area contributed by atoms with Gasteiger partial charge in [0.05, 0.1) is 17.1 Å². The van der Waals surface area contributed by atoms with Gasteiger partial charge in [-0.05, 0) is 31.5 Å². The third kappa shape index (κ3) is 2.90. The number of aromatic amines is 1. The van der Waals surface area contributed by atoms with Crippen LogP contribution in [0.4, 0.5) is 5.69 Å². The Morgan fingerprint density at radius 1 is 1.48 bits per heavy atom. The summed E-state index contributed by atoms with van der Waals surface area (Å²) >= 11 is 5.81. The first-order valence-corrected chi connectivity index (χ1v) is 6.63. The second-order valence-corrected chi connectivity index (χ2v) is 4.80. The molecular weight excluding hydrogens is 296 g/mol. The number of ether oxygens (including phenoxy) is 1. The number of benzene rings is 1. The molecule has 0 unspecified atom stereocenters. The molecule has 6 nitrogen and oxygen atoms in total. The highest BCUT2D eigenvalue weighted by Crippen LogP contribution is 2.36. The number of aryl methyl sites for hydroxylation is 1. The Morgan fingerprint density at radius 2 is 2.19 bits per heavy atom. The number of esters is 1. The molecule has 0 bridgehead atoms. The number of rotatable bonds is 4. The van der Waals surface area contributed by atoms with E-state index < -0.39 is 10.9 Å². The van der Waals surface area contributed by atoms with Crippen LogP contribution in [0.1, 0.15) is 23.0 Å². The third-order valence-electron chi connectivity index (χ3n) is 2.98. The van der Waals surface area contributed by atoms with E-state index >= 15 is 0 Å². The molecule has 2 rings (SSSR count). The molecule has 0 aliphatic rings. The lowest BCUT2D eigenvalue weighted by molar-refractivity contribution is -0.384. The molecule has 1 N–H and O–H groups in total. The summed E-state index contributed by atoms with van der Waals surface area (Å²) in [7, 11) is 0. The number of nitro groups is 1. The number of aromatic nitrogens is 1. The van der Waals surface area contributed by atoms with Crippen LogP contribution in [0, 0.1) is 17.0 Å². The molecule has 0 aliphatic carbocycles. The molecular formula is C14H13ClN2O4. The zero-order valence-electron chi connectivity index (χ0n) is 11.5. The molecule has 1 heterocycles. The Bertz CT molecular complexity index is 709. The molecule has 0 atom stereocenters. The zero-order chi connectivity index (χ0) is 15.6. The second-order valence-electron chi connectivity index (χ2n) is 4.36. The van der Waals surface area contributed by atoms with Crippen molar-refractivity contribution >= 4 is 23.3 Å². The fraction of sp³-hybridized carbons (Fsp3) is 0.214. The van der Waals surface area contributed by atoms with Gasteiger partial charge in [-0.3, -0.25) is 10.1 Å². The molecule has 0 fully saturated rings. The Balaban J connectivity index is 2.65. The summed E-state index contributed by atoms with van der Waals surface area (Å²) in [6.45, 7) is 3.67. The van der Waals surface area contributed by atoms with Crippen LogP contribution in [0.15, 0.2) is 24.4 Å². The van der Waals surface area contributed by atoms with Crippen LogP contribution >= 0.6 is 11.6 Å². The van der Waals surface area contributed by atoms with Gasteiger partial charge in [-0.2, -0.15) is 0 Å². The van der Waals surface area contributed by atoms with Crippen LogP contribution in [-0.4, -0.2) is 22.5 Å². The predicted octanol–water partition coefficient (Wildman–Crippen LogP) is 3.73. The number of carbonyl (C=O) groups excluding carboxylic acids is 1. The van der Waals surface area contributed by atoms with Gasteiger partial charge in [0, 0.05) is 22.8 Å². The summed E-state index contributed by atoms with van der Waals surface area (Å²) in [4.78, 5) is 25.4. The fourth-order valence-corrected chi connectivity index (χ4v) is 2.27. The summed E-state index contributed by atoms with van der Waals surface area (Å²) < 4.78 is 4.96. The lowest BCUT2D eigenvalue weighted by Crippen LogP contribution is -2.07. The van der Waals surface area contributed by atoms with Crippen molar-refractivity contribution in [3.8, 4) is 11.1 Å². The van der Waals surface area contributed by atoms with E-state index in [2.05, 4.69) is 4.98 Å². The minimum absolute atomic E-state index is 0.157. The lowest BCUT2D eigenvalue weighted by Gasteiger charge is -2.07. The average Bonchev–Trinajstić information content (AvgIpc) is 2.81. The molecule has 0 aliphatic heterocycles. The number of H-pyrrole nitrogens is 1. The average molecular weight is 309 g/mol. The fourth-order valence-electron chi connectivity index (χ4n) is 2.10. The highest BCUT2D eigenvalue weighted by atomic mass is 35.5. The topological polar surface area (TPSA) is 85.2 Å². The van der Waals surface area contributed by atoms with Crippen LogP contribution in [0.5, 0.6) is 0 Å². The third-order valence-corrected chi connectivity index (χ3v) is 3.22. The number of nitrogens with one attached hydrogen (secondary N) is 1. The summed E-state index contributed by atoms with van der Waals surface area (Å²) in [6, 6.07) is 4.34. The van der Waals surface area contributed by atoms with E-state index in [0.717, 1.165) is 0 Å². The number of carbonyl (C=O) groups is 1. The Labute approximate surface area is 125 Å². The van der Waals surface area contributed by atoms with E-state index in [1.54, 1.807) is 26.1 Å². The van der Waals surface area contributed by atoms with Crippen LogP contribution in [0.25, 0.3) is 11.1 Å². The van der Waals surface area contributed by atoms with E-state index in [1.165, 1.54) is 12.1 Å². The normalized spacial score (nSPS) is 10.4. The highest BCUT2D eigenvalue weighted by Gasteiger charge is 2.24. The predicted molar refractivity (Wildman–Crippen MR) is 78.6 cm³/mol. The summed E-state index contributed by atoms with van der Waals surface area (Å²) in [5.41, 5.74) is 1.53. The van der Waals surface area contributed by atoms with Crippen LogP contribution in [0.3, 0.4) is 0 Å². The van der Waals surface area contributed by atoms with Gasteiger partial charge < -0.3 is 9.72 Å².